The maximum Gasteiger partial charge on any atom is 0.288 e. The quantitative estimate of drug-likeness (QED) is 0.806. The van der Waals surface area contributed by atoms with Crippen molar-refractivity contribution in [1.82, 2.24) is 14.8 Å². The molecule has 3 aromatic rings. The van der Waals surface area contributed by atoms with Gasteiger partial charge in [-0.15, -0.1) is 5.10 Å². The number of benzene rings is 2. The summed E-state index contributed by atoms with van der Waals surface area (Å²) in [5.74, 6) is -0.0342. The van der Waals surface area contributed by atoms with Crippen molar-refractivity contribution < 1.29 is 4.79 Å². The Morgan fingerprint density at radius 3 is 2.05 bits per heavy atom. The van der Waals surface area contributed by atoms with Gasteiger partial charge in [0, 0.05) is 5.56 Å². The van der Waals surface area contributed by atoms with Crippen LogP contribution in [0.25, 0.3) is 17.1 Å². The number of primary amides is 1. The fraction of sp³-hybridized carbons (Fsp3) is 0.118. The summed E-state index contributed by atoms with van der Waals surface area (Å²) >= 11 is 0. The predicted octanol–water partition coefficient (Wildman–Crippen LogP) is 2.65. The Bertz CT molecular complexity index is 754. The molecule has 0 aliphatic rings. The van der Waals surface area contributed by atoms with Gasteiger partial charge >= 0.3 is 0 Å². The van der Waals surface area contributed by atoms with Crippen molar-refractivity contribution in [3.05, 3.63) is 65.5 Å². The van der Waals surface area contributed by atoms with Crippen LogP contribution in [0.4, 0.5) is 0 Å². The van der Waals surface area contributed by atoms with Crippen LogP contribution in [0.1, 0.15) is 21.7 Å². The highest BCUT2D eigenvalue weighted by atomic mass is 16.1. The molecular formula is C17H16N4O. The molecule has 1 heterocycles. The van der Waals surface area contributed by atoms with Gasteiger partial charge < -0.3 is 5.73 Å². The molecule has 0 fully saturated rings. The molecule has 0 atom stereocenters. The highest BCUT2D eigenvalue weighted by molar-refractivity contribution is 5.89. The molecule has 22 heavy (non-hydrogen) atoms. The predicted molar refractivity (Wildman–Crippen MR) is 84.8 cm³/mol. The SMILES string of the molecule is Cc1ccc(-c2nc(C(N)=O)nn2-c2ccc(C)cc2)cc1. The number of carbonyl (C=O) groups excluding carboxylic acids is 1. The van der Waals surface area contributed by atoms with E-state index in [2.05, 4.69) is 10.1 Å². The van der Waals surface area contributed by atoms with Gasteiger partial charge in [0.2, 0.25) is 5.82 Å². The second-order valence-corrected chi connectivity index (χ2v) is 5.24. The molecule has 0 saturated carbocycles. The van der Waals surface area contributed by atoms with Gasteiger partial charge in [-0.3, -0.25) is 4.79 Å². The number of amides is 1. The van der Waals surface area contributed by atoms with Crippen molar-refractivity contribution in [1.29, 1.82) is 0 Å². The van der Waals surface area contributed by atoms with E-state index in [-0.39, 0.29) is 5.82 Å². The van der Waals surface area contributed by atoms with E-state index in [4.69, 9.17) is 5.73 Å². The van der Waals surface area contributed by atoms with E-state index < -0.39 is 5.91 Å². The van der Waals surface area contributed by atoms with E-state index >= 15 is 0 Å². The van der Waals surface area contributed by atoms with Gasteiger partial charge in [-0.25, -0.2) is 9.67 Å². The average Bonchev–Trinajstić information content (AvgIpc) is 2.94. The van der Waals surface area contributed by atoms with Crippen LogP contribution in [0.2, 0.25) is 0 Å². The standard InChI is InChI=1S/C17H16N4O/c1-11-3-7-13(8-4-11)17-19-16(15(18)22)20-21(17)14-9-5-12(2)6-10-14/h3-10H,1-2H3,(H2,18,22). The van der Waals surface area contributed by atoms with Crippen LogP contribution < -0.4 is 5.73 Å². The van der Waals surface area contributed by atoms with Crippen molar-refractivity contribution in [2.45, 2.75) is 13.8 Å². The summed E-state index contributed by atoms with van der Waals surface area (Å²) in [4.78, 5) is 15.7. The number of aromatic nitrogens is 3. The molecule has 0 aliphatic carbocycles. The van der Waals surface area contributed by atoms with Gasteiger partial charge in [-0.1, -0.05) is 47.5 Å². The molecule has 3 rings (SSSR count). The molecule has 5 nitrogen and oxygen atoms in total. The number of aryl methyl sites for hydroxylation is 2. The number of rotatable bonds is 3. The minimum Gasteiger partial charge on any atom is -0.363 e. The zero-order chi connectivity index (χ0) is 15.7. The highest BCUT2D eigenvalue weighted by Crippen LogP contribution is 2.22. The molecule has 2 N–H and O–H groups in total. The molecule has 2 aromatic carbocycles. The lowest BCUT2D eigenvalue weighted by atomic mass is 10.1. The van der Waals surface area contributed by atoms with E-state index in [1.807, 2.05) is 62.4 Å². The lowest BCUT2D eigenvalue weighted by molar-refractivity contribution is 0.0990. The maximum atomic E-state index is 11.4. The second kappa shape index (κ2) is 5.44. The normalized spacial score (nSPS) is 10.6. The van der Waals surface area contributed by atoms with Gasteiger partial charge in [0.1, 0.15) is 0 Å². The minimum absolute atomic E-state index is 0.0103. The highest BCUT2D eigenvalue weighted by Gasteiger charge is 2.16. The van der Waals surface area contributed by atoms with Crippen LogP contribution in [-0.2, 0) is 0 Å². The Labute approximate surface area is 128 Å². The van der Waals surface area contributed by atoms with Crippen LogP contribution in [0.3, 0.4) is 0 Å². The van der Waals surface area contributed by atoms with Gasteiger partial charge in [0.15, 0.2) is 5.82 Å². The molecule has 1 amide bonds. The van der Waals surface area contributed by atoms with E-state index in [0.717, 1.165) is 22.4 Å². The Kier molecular flexibility index (Phi) is 3.47. The summed E-state index contributed by atoms with van der Waals surface area (Å²) in [6.45, 7) is 4.03. The van der Waals surface area contributed by atoms with E-state index in [1.54, 1.807) is 4.68 Å². The summed E-state index contributed by atoms with van der Waals surface area (Å²) in [5, 5.41) is 4.24. The third kappa shape index (κ3) is 2.61. The average molecular weight is 292 g/mol. The first-order chi connectivity index (χ1) is 10.5. The van der Waals surface area contributed by atoms with Crippen molar-refractivity contribution in [3.8, 4) is 17.1 Å². The van der Waals surface area contributed by atoms with Gasteiger partial charge in [-0.05, 0) is 26.0 Å². The van der Waals surface area contributed by atoms with E-state index in [1.165, 1.54) is 0 Å². The summed E-state index contributed by atoms with van der Waals surface area (Å²) < 4.78 is 1.64. The lowest BCUT2D eigenvalue weighted by Gasteiger charge is -2.06. The molecular weight excluding hydrogens is 276 g/mol. The smallest absolute Gasteiger partial charge is 0.288 e. The first kappa shape index (κ1) is 14.0. The third-order valence-electron chi connectivity index (χ3n) is 3.42. The fourth-order valence-electron chi connectivity index (χ4n) is 2.17. The van der Waals surface area contributed by atoms with Gasteiger partial charge in [0.05, 0.1) is 5.69 Å². The van der Waals surface area contributed by atoms with Crippen molar-refractivity contribution in [2.75, 3.05) is 0 Å². The molecule has 0 unspecified atom stereocenters. The Balaban J connectivity index is 2.17. The zero-order valence-corrected chi connectivity index (χ0v) is 12.4. The largest absolute Gasteiger partial charge is 0.363 e. The van der Waals surface area contributed by atoms with Crippen LogP contribution in [-0.4, -0.2) is 20.7 Å². The van der Waals surface area contributed by atoms with Gasteiger partial charge in [-0.2, -0.15) is 0 Å². The fourth-order valence-corrected chi connectivity index (χ4v) is 2.17. The molecule has 0 bridgehead atoms. The topological polar surface area (TPSA) is 73.8 Å². The van der Waals surface area contributed by atoms with Crippen LogP contribution in [0.15, 0.2) is 48.5 Å². The van der Waals surface area contributed by atoms with Crippen molar-refractivity contribution in [2.24, 2.45) is 5.73 Å². The molecule has 0 spiro atoms. The summed E-state index contributed by atoms with van der Waals surface area (Å²) in [6.07, 6.45) is 0. The molecule has 0 saturated heterocycles. The Hall–Kier alpha value is -2.95. The number of hydrogen-bond acceptors (Lipinski definition) is 3. The summed E-state index contributed by atoms with van der Waals surface area (Å²) in [6, 6.07) is 15.7. The first-order valence-electron chi connectivity index (χ1n) is 6.95. The van der Waals surface area contributed by atoms with Crippen LogP contribution in [0, 0.1) is 13.8 Å². The maximum absolute atomic E-state index is 11.4. The third-order valence-corrected chi connectivity index (χ3v) is 3.42. The Morgan fingerprint density at radius 2 is 1.50 bits per heavy atom. The molecule has 1 aromatic heterocycles. The van der Waals surface area contributed by atoms with E-state index in [9.17, 15) is 4.79 Å². The van der Waals surface area contributed by atoms with Crippen molar-refractivity contribution >= 4 is 5.91 Å². The monoisotopic (exact) mass is 292 g/mol. The molecule has 0 radical (unpaired) electrons. The van der Waals surface area contributed by atoms with Crippen LogP contribution >= 0.6 is 0 Å². The lowest BCUT2D eigenvalue weighted by Crippen LogP contribution is -2.13. The van der Waals surface area contributed by atoms with E-state index in [0.29, 0.717) is 5.82 Å². The molecule has 5 heteroatoms. The number of nitrogens with zero attached hydrogens (tertiary/aromatic N) is 3. The summed E-state index contributed by atoms with van der Waals surface area (Å²) in [7, 11) is 0. The molecule has 110 valence electrons. The molecule has 0 aliphatic heterocycles. The Morgan fingerprint density at radius 1 is 0.955 bits per heavy atom. The van der Waals surface area contributed by atoms with Gasteiger partial charge in [0.25, 0.3) is 5.91 Å². The second-order valence-electron chi connectivity index (χ2n) is 5.24. The van der Waals surface area contributed by atoms with Crippen LogP contribution in [0.5, 0.6) is 0 Å². The minimum atomic E-state index is -0.640. The van der Waals surface area contributed by atoms with Crippen molar-refractivity contribution in [3.63, 3.8) is 0 Å². The number of hydrogen-bond donors (Lipinski definition) is 1. The zero-order valence-electron chi connectivity index (χ0n) is 12.4. The number of nitrogens with two attached hydrogens (primary N) is 1. The number of carbonyl (C=O) groups is 1. The first-order valence-corrected chi connectivity index (χ1v) is 6.95. The summed E-state index contributed by atoms with van der Waals surface area (Å²) in [5.41, 5.74) is 9.34.